The largest absolute Gasteiger partial charge is 0.497 e. The smallest absolute Gasteiger partial charge is 0.119 e. The van der Waals surface area contributed by atoms with Crippen molar-refractivity contribution in [3.63, 3.8) is 0 Å². The molecule has 0 bridgehead atoms. The highest BCUT2D eigenvalue weighted by Gasteiger charge is 2.31. The Balaban J connectivity index is 2.13. The maximum Gasteiger partial charge on any atom is 0.119 e. The molecule has 0 unspecified atom stereocenters. The van der Waals surface area contributed by atoms with Crippen molar-refractivity contribution >= 4 is 0 Å². The summed E-state index contributed by atoms with van der Waals surface area (Å²) in [5.74, 6) is 0.862. The fraction of sp³-hybridized carbons (Fsp3) is 0.571. The summed E-state index contributed by atoms with van der Waals surface area (Å²) in [5.41, 5.74) is 1.20. The van der Waals surface area contributed by atoms with Gasteiger partial charge in [-0.05, 0) is 24.1 Å². The van der Waals surface area contributed by atoms with Crippen LogP contribution >= 0.6 is 0 Å². The Morgan fingerprint density at radius 1 is 1.39 bits per heavy atom. The predicted molar refractivity (Wildman–Crippen MR) is 69.8 cm³/mol. The second kappa shape index (κ2) is 6.18. The van der Waals surface area contributed by atoms with E-state index in [0.717, 1.165) is 18.7 Å². The third-order valence-electron chi connectivity index (χ3n) is 3.44. The van der Waals surface area contributed by atoms with Crippen LogP contribution in [0.2, 0.25) is 0 Å². The lowest BCUT2D eigenvalue weighted by atomic mass is 10.0. The van der Waals surface area contributed by atoms with E-state index < -0.39 is 0 Å². The van der Waals surface area contributed by atoms with Crippen LogP contribution in [0.4, 0.5) is 0 Å². The number of hydrogen-bond acceptors (Lipinski definition) is 4. The van der Waals surface area contributed by atoms with Crippen LogP contribution in [-0.4, -0.2) is 50.0 Å². The molecule has 1 aromatic rings. The number of ether oxygens (including phenoxy) is 2. The zero-order valence-corrected chi connectivity index (χ0v) is 11.0. The molecule has 1 aliphatic rings. The van der Waals surface area contributed by atoms with Gasteiger partial charge in [-0.15, -0.1) is 0 Å². The van der Waals surface area contributed by atoms with Gasteiger partial charge >= 0.3 is 0 Å². The number of hydrogen-bond donors (Lipinski definition) is 1. The van der Waals surface area contributed by atoms with Crippen molar-refractivity contribution in [1.29, 1.82) is 0 Å². The van der Waals surface area contributed by atoms with Gasteiger partial charge in [0.15, 0.2) is 0 Å². The first-order chi connectivity index (χ1) is 8.74. The van der Waals surface area contributed by atoms with E-state index in [4.69, 9.17) is 9.47 Å². The molecule has 100 valence electrons. The Morgan fingerprint density at radius 3 is 2.94 bits per heavy atom. The molecule has 2 atom stereocenters. The molecule has 2 rings (SSSR count). The molecule has 0 aromatic heterocycles. The number of rotatable bonds is 5. The molecule has 18 heavy (non-hydrogen) atoms. The van der Waals surface area contributed by atoms with Crippen LogP contribution in [0.25, 0.3) is 0 Å². The second-order valence-electron chi connectivity index (χ2n) is 4.67. The van der Waals surface area contributed by atoms with E-state index in [9.17, 15) is 5.11 Å². The van der Waals surface area contributed by atoms with E-state index in [1.807, 2.05) is 18.2 Å². The molecule has 4 nitrogen and oxygen atoms in total. The number of nitrogens with zero attached hydrogens (tertiary/aromatic N) is 1. The van der Waals surface area contributed by atoms with Gasteiger partial charge in [0, 0.05) is 26.2 Å². The summed E-state index contributed by atoms with van der Waals surface area (Å²) in [6, 6.07) is 8.32. The Kier molecular flexibility index (Phi) is 4.58. The minimum atomic E-state index is -0.252. The van der Waals surface area contributed by atoms with Crippen LogP contribution in [0.1, 0.15) is 18.0 Å². The van der Waals surface area contributed by atoms with E-state index in [1.54, 1.807) is 14.2 Å². The molecule has 4 heteroatoms. The lowest BCUT2D eigenvalue weighted by Gasteiger charge is -2.24. The van der Waals surface area contributed by atoms with Crippen molar-refractivity contribution < 1.29 is 14.6 Å². The third kappa shape index (κ3) is 3.02. The Hall–Kier alpha value is -1.10. The molecule has 1 fully saturated rings. The number of methoxy groups -OCH3 is 2. The van der Waals surface area contributed by atoms with Gasteiger partial charge in [0.2, 0.25) is 0 Å². The number of aliphatic hydroxyl groups is 1. The maximum atomic E-state index is 9.84. The molecule has 1 saturated heterocycles. The van der Waals surface area contributed by atoms with Gasteiger partial charge in [0.05, 0.1) is 19.8 Å². The van der Waals surface area contributed by atoms with Crippen LogP contribution in [0.15, 0.2) is 24.3 Å². The van der Waals surface area contributed by atoms with Crippen molar-refractivity contribution in [1.82, 2.24) is 4.90 Å². The number of aliphatic hydroxyl groups excluding tert-OH is 1. The SMILES string of the molecule is COCCN1C[C@H](O)C[C@@H]1c1cccc(OC)c1. The molecule has 1 heterocycles. The van der Waals surface area contributed by atoms with E-state index in [0.29, 0.717) is 13.2 Å². The average molecular weight is 251 g/mol. The Bertz CT molecular complexity index is 383. The van der Waals surface area contributed by atoms with Crippen LogP contribution in [0.3, 0.4) is 0 Å². The lowest BCUT2D eigenvalue weighted by Crippen LogP contribution is -2.28. The molecule has 0 amide bonds. The molecule has 1 N–H and O–H groups in total. The lowest BCUT2D eigenvalue weighted by molar-refractivity contribution is 0.130. The zero-order valence-electron chi connectivity index (χ0n) is 11.0. The van der Waals surface area contributed by atoms with E-state index >= 15 is 0 Å². The summed E-state index contributed by atoms with van der Waals surface area (Å²) >= 11 is 0. The topological polar surface area (TPSA) is 41.9 Å². The molecule has 0 saturated carbocycles. The van der Waals surface area contributed by atoms with Crippen LogP contribution in [0.5, 0.6) is 5.75 Å². The normalized spacial score (nSPS) is 24.4. The first-order valence-corrected chi connectivity index (χ1v) is 6.29. The van der Waals surface area contributed by atoms with Gasteiger partial charge in [0.1, 0.15) is 5.75 Å². The summed E-state index contributed by atoms with van der Waals surface area (Å²) < 4.78 is 10.4. The maximum absolute atomic E-state index is 9.84. The van der Waals surface area contributed by atoms with Gasteiger partial charge in [-0.25, -0.2) is 0 Å². The molecule has 1 aliphatic heterocycles. The van der Waals surface area contributed by atoms with Crippen molar-refractivity contribution in [2.24, 2.45) is 0 Å². The van der Waals surface area contributed by atoms with Crippen LogP contribution < -0.4 is 4.74 Å². The standard InChI is InChI=1S/C14H21NO3/c1-17-7-6-15-10-12(16)9-14(15)11-4-3-5-13(8-11)18-2/h3-5,8,12,14,16H,6-7,9-10H2,1-2H3/t12-,14-/m1/s1. The average Bonchev–Trinajstić information content (AvgIpc) is 2.77. The van der Waals surface area contributed by atoms with Gasteiger partial charge in [-0.3, -0.25) is 4.90 Å². The minimum Gasteiger partial charge on any atom is -0.497 e. The summed E-state index contributed by atoms with van der Waals surface area (Å²) in [6.07, 6.45) is 0.523. The molecule has 1 aromatic carbocycles. The highest BCUT2D eigenvalue weighted by molar-refractivity contribution is 5.31. The van der Waals surface area contributed by atoms with Crippen LogP contribution in [-0.2, 0) is 4.74 Å². The van der Waals surface area contributed by atoms with E-state index in [2.05, 4.69) is 11.0 Å². The first-order valence-electron chi connectivity index (χ1n) is 6.29. The highest BCUT2D eigenvalue weighted by Crippen LogP contribution is 2.33. The monoisotopic (exact) mass is 251 g/mol. The van der Waals surface area contributed by atoms with E-state index in [1.165, 1.54) is 5.56 Å². The molecule has 0 radical (unpaired) electrons. The number of likely N-dealkylation sites (tertiary alicyclic amines) is 1. The van der Waals surface area contributed by atoms with Crippen molar-refractivity contribution in [3.8, 4) is 5.75 Å². The number of β-amino-alcohol motifs (C(OH)–C–C–N with tert-alkyl or cyclic N) is 1. The van der Waals surface area contributed by atoms with Crippen molar-refractivity contribution in [2.45, 2.75) is 18.6 Å². The molecular weight excluding hydrogens is 230 g/mol. The van der Waals surface area contributed by atoms with Crippen molar-refractivity contribution in [3.05, 3.63) is 29.8 Å². The fourth-order valence-electron chi connectivity index (χ4n) is 2.53. The van der Waals surface area contributed by atoms with Gasteiger partial charge in [0.25, 0.3) is 0 Å². The predicted octanol–water partition coefficient (Wildman–Crippen LogP) is 1.45. The van der Waals surface area contributed by atoms with Crippen molar-refractivity contribution in [2.75, 3.05) is 33.9 Å². The zero-order chi connectivity index (χ0) is 13.0. The first kappa shape index (κ1) is 13.3. The summed E-state index contributed by atoms with van der Waals surface area (Å²) in [7, 11) is 3.37. The Morgan fingerprint density at radius 2 is 2.22 bits per heavy atom. The number of benzene rings is 1. The van der Waals surface area contributed by atoms with E-state index in [-0.39, 0.29) is 12.1 Å². The molecule has 0 aliphatic carbocycles. The summed E-state index contributed by atoms with van der Waals surface area (Å²) in [5, 5.41) is 9.84. The second-order valence-corrected chi connectivity index (χ2v) is 4.67. The Labute approximate surface area is 108 Å². The van der Waals surface area contributed by atoms with Gasteiger partial charge < -0.3 is 14.6 Å². The fourth-order valence-corrected chi connectivity index (χ4v) is 2.53. The summed E-state index contributed by atoms with van der Waals surface area (Å²) in [6.45, 7) is 2.24. The van der Waals surface area contributed by atoms with Crippen LogP contribution in [0, 0.1) is 0 Å². The third-order valence-corrected chi connectivity index (χ3v) is 3.44. The van der Waals surface area contributed by atoms with Gasteiger partial charge in [-0.1, -0.05) is 12.1 Å². The molecule has 0 spiro atoms. The molecular formula is C14H21NO3. The summed E-state index contributed by atoms with van der Waals surface area (Å²) in [4.78, 5) is 2.27. The van der Waals surface area contributed by atoms with Gasteiger partial charge in [-0.2, -0.15) is 0 Å². The quantitative estimate of drug-likeness (QED) is 0.860. The highest BCUT2D eigenvalue weighted by atomic mass is 16.5. The minimum absolute atomic E-state index is 0.252.